The smallest absolute Gasteiger partial charge is 0.164 e. The van der Waals surface area contributed by atoms with Crippen LogP contribution in [-0.4, -0.2) is 19.5 Å². The van der Waals surface area contributed by atoms with Gasteiger partial charge >= 0.3 is 0 Å². The molecule has 0 amide bonds. The van der Waals surface area contributed by atoms with Gasteiger partial charge in [-0.2, -0.15) is 0 Å². The van der Waals surface area contributed by atoms with E-state index in [2.05, 4.69) is 287 Å². The molecule has 404 valence electrons. The number of rotatable bonds is 4. The van der Waals surface area contributed by atoms with E-state index in [1.165, 1.54) is 99.7 Å². The fourth-order valence-corrected chi connectivity index (χ4v) is 12.7. The Kier molecular flexibility index (Phi) is 11.8. The molecular weight excluding hydrogens is 969 g/mol. The molecule has 12 rings (SSSR count). The van der Waals surface area contributed by atoms with Crippen molar-refractivity contribution < 1.29 is 0 Å². The minimum atomic E-state index is -0.689. The lowest BCUT2D eigenvalue weighted by molar-refractivity contribution is 0.586. The molecule has 8 aromatic carbocycles. The van der Waals surface area contributed by atoms with Crippen molar-refractivity contribution >= 4 is 21.8 Å². The molecule has 0 bridgehead atoms. The highest BCUT2D eigenvalue weighted by atomic mass is 15.0. The number of hydrogen-bond acceptors (Lipinski definition) is 3. The van der Waals surface area contributed by atoms with Crippen molar-refractivity contribution in [2.75, 3.05) is 0 Å². The van der Waals surface area contributed by atoms with Crippen LogP contribution in [0.3, 0.4) is 0 Å². The van der Waals surface area contributed by atoms with Crippen LogP contribution < -0.4 is 0 Å². The Bertz CT molecular complexity index is 3970. The number of benzene rings is 8. The van der Waals surface area contributed by atoms with E-state index < -0.39 is 5.41 Å². The van der Waals surface area contributed by atoms with E-state index in [0.29, 0.717) is 17.5 Å². The minimum Gasteiger partial charge on any atom is -0.309 e. The van der Waals surface area contributed by atoms with E-state index in [1.54, 1.807) is 0 Å². The van der Waals surface area contributed by atoms with E-state index in [4.69, 9.17) is 15.0 Å². The minimum absolute atomic E-state index is 0.00422. The third-order valence-electron chi connectivity index (χ3n) is 17.7. The Hall–Kier alpha value is -7.43. The zero-order valence-electron chi connectivity index (χ0n) is 50.8. The molecule has 0 saturated heterocycles. The molecule has 0 N–H and O–H groups in total. The average molecular weight is 1050 g/mol. The molecule has 4 nitrogen and oxygen atoms in total. The lowest BCUT2D eigenvalue weighted by Gasteiger charge is -2.33. The van der Waals surface area contributed by atoms with Gasteiger partial charge in [0.05, 0.1) is 16.4 Å². The maximum absolute atomic E-state index is 5.44. The van der Waals surface area contributed by atoms with Crippen LogP contribution in [0.25, 0.3) is 83.9 Å². The summed E-state index contributed by atoms with van der Waals surface area (Å²) in [6, 6.07) is 61.0. The molecule has 1 atom stereocenters. The van der Waals surface area contributed by atoms with Gasteiger partial charge in [-0.25, -0.2) is 15.0 Å². The first-order valence-corrected chi connectivity index (χ1v) is 29.1. The van der Waals surface area contributed by atoms with E-state index >= 15 is 0 Å². The van der Waals surface area contributed by atoms with Gasteiger partial charge in [-0.05, 0) is 153 Å². The molecule has 0 fully saturated rings. The highest BCUT2D eigenvalue weighted by molar-refractivity contribution is 6.10. The van der Waals surface area contributed by atoms with Crippen molar-refractivity contribution in [3.8, 4) is 62.1 Å². The van der Waals surface area contributed by atoms with Crippen LogP contribution in [0.5, 0.6) is 0 Å². The summed E-state index contributed by atoms with van der Waals surface area (Å²) in [6.45, 7) is 41.5. The van der Waals surface area contributed by atoms with Gasteiger partial charge in [0, 0.05) is 33.2 Å². The summed E-state index contributed by atoms with van der Waals surface area (Å²) < 4.78 is 2.54. The Labute approximate surface area is 476 Å². The SMILES string of the molecule is CC(C)(C)c1ccc(-c2nc(-c3ccc(C(C)(C)C)cc3)nc(-c3ccc4c(c3)C3(c5cc(-n6c7ccc(C(C)(C)C)cc7c7cc(C(C)(C)C)ccc76)ccc5-c5ccc(C(C)(C)C)cc53)c3cc(C(C)(C)C)ccc3-4)n2)cc1. The highest BCUT2D eigenvalue weighted by Gasteiger charge is 2.53. The van der Waals surface area contributed by atoms with Gasteiger partial charge in [0.25, 0.3) is 0 Å². The van der Waals surface area contributed by atoms with Gasteiger partial charge in [0.2, 0.25) is 0 Å². The van der Waals surface area contributed by atoms with Crippen molar-refractivity contribution in [2.24, 2.45) is 0 Å². The average Bonchev–Trinajstić information content (AvgIpc) is 4.07. The molecule has 80 heavy (non-hydrogen) atoms. The Morgan fingerprint density at radius 2 is 0.562 bits per heavy atom. The van der Waals surface area contributed by atoms with Crippen LogP contribution in [0.1, 0.15) is 180 Å². The number of aromatic nitrogens is 4. The molecule has 4 heteroatoms. The number of nitrogens with zero attached hydrogens (tertiary/aromatic N) is 4. The summed E-state index contributed by atoms with van der Waals surface area (Å²) in [7, 11) is 0. The number of hydrogen-bond donors (Lipinski definition) is 0. The summed E-state index contributed by atoms with van der Waals surface area (Å²) in [5.41, 5.74) is 23.7. The molecule has 2 aromatic heterocycles. The first-order valence-electron chi connectivity index (χ1n) is 29.1. The van der Waals surface area contributed by atoms with Crippen molar-refractivity contribution in [3.63, 3.8) is 0 Å². The summed E-state index contributed by atoms with van der Waals surface area (Å²) in [5.74, 6) is 1.97. The second-order valence-corrected chi connectivity index (χ2v) is 29.5. The zero-order chi connectivity index (χ0) is 57.0. The summed E-state index contributed by atoms with van der Waals surface area (Å²) in [4.78, 5) is 16.2. The fourth-order valence-electron chi connectivity index (χ4n) is 12.7. The summed E-state index contributed by atoms with van der Waals surface area (Å²) >= 11 is 0. The van der Waals surface area contributed by atoms with Gasteiger partial charge in [-0.1, -0.05) is 240 Å². The van der Waals surface area contributed by atoms with Crippen LogP contribution in [-0.2, 0) is 37.9 Å². The summed E-state index contributed by atoms with van der Waals surface area (Å²) in [6.07, 6.45) is 0. The Balaban J connectivity index is 1.15. The van der Waals surface area contributed by atoms with Crippen LogP contribution >= 0.6 is 0 Å². The second kappa shape index (κ2) is 17.8. The largest absolute Gasteiger partial charge is 0.309 e. The van der Waals surface area contributed by atoms with Crippen LogP contribution in [0.15, 0.2) is 158 Å². The van der Waals surface area contributed by atoms with Gasteiger partial charge in [-0.3, -0.25) is 0 Å². The van der Waals surface area contributed by atoms with Crippen molar-refractivity contribution in [3.05, 3.63) is 213 Å². The van der Waals surface area contributed by atoms with Crippen molar-refractivity contribution in [2.45, 2.75) is 163 Å². The monoisotopic (exact) mass is 1050 g/mol. The maximum Gasteiger partial charge on any atom is 0.164 e. The predicted molar refractivity (Wildman–Crippen MR) is 339 cm³/mol. The van der Waals surface area contributed by atoms with Crippen LogP contribution in [0.4, 0.5) is 0 Å². The molecule has 10 aromatic rings. The molecule has 0 saturated carbocycles. The molecule has 2 heterocycles. The van der Waals surface area contributed by atoms with E-state index in [-0.39, 0.29) is 32.5 Å². The Morgan fingerprint density at radius 1 is 0.275 bits per heavy atom. The first kappa shape index (κ1) is 53.2. The van der Waals surface area contributed by atoms with Gasteiger partial charge in [-0.15, -0.1) is 0 Å². The molecule has 0 aliphatic heterocycles. The van der Waals surface area contributed by atoms with Crippen LogP contribution in [0, 0.1) is 0 Å². The van der Waals surface area contributed by atoms with E-state index in [9.17, 15) is 0 Å². The topological polar surface area (TPSA) is 43.6 Å². The van der Waals surface area contributed by atoms with Crippen molar-refractivity contribution in [1.82, 2.24) is 19.5 Å². The lowest BCUT2D eigenvalue weighted by atomic mass is 9.68. The molecule has 0 radical (unpaired) electrons. The zero-order valence-corrected chi connectivity index (χ0v) is 50.8. The molecule has 2 aliphatic carbocycles. The number of fused-ring (bicyclic) bond motifs is 13. The normalized spacial score (nSPS) is 15.4. The highest BCUT2D eigenvalue weighted by Crippen LogP contribution is 2.64. The Morgan fingerprint density at radius 3 is 0.950 bits per heavy atom. The standard InChI is InChI=1S/C76H80N4/c1-70(2,3)48-24-19-45(20-25-48)67-77-68(46-21-26-49(27-22-46)71(4,5)6)79-69(78-67)47-23-33-55-56-34-28-52(74(13,14)15)42-62(56)76(61(55)39-47)63-43-53(75(16,17)18)29-35-57(63)58-36-32-54(44-64(58)76)80-65-37-30-50(72(7,8)9)40-59(65)60-41-51(73(10,11)12)31-38-66(60)80/h19-44H,1-18H3. The molecular formula is C76H80N4. The maximum atomic E-state index is 5.44. The van der Waals surface area contributed by atoms with Gasteiger partial charge in [0.15, 0.2) is 17.5 Å². The van der Waals surface area contributed by atoms with Crippen LogP contribution in [0.2, 0.25) is 0 Å². The first-order chi connectivity index (χ1) is 37.4. The second-order valence-electron chi connectivity index (χ2n) is 29.5. The third-order valence-corrected chi connectivity index (χ3v) is 17.7. The van der Waals surface area contributed by atoms with E-state index in [0.717, 1.165) is 22.4 Å². The fraction of sp³-hybridized carbons (Fsp3) is 0.329. The van der Waals surface area contributed by atoms with Crippen molar-refractivity contribution in [1.29, 1.82) is 0 Å². The molecule has 1 unspecified atom stereocenters. The quantitative estimate of drug-likeness (QED) is 0.176. The molecule has 2 aliphatic rings. The summed E-state index contributed by atoms with van der Waals surface area (Å²) in [5, 5.41) is 2.57. The lowest BCUT2D eigenvalue weighted by Crippen LogP contribution is -2.27. The van der Waals surface area contributed by atoms with E-state index in [1.807, 2.05) is 0 Å². The molecule has 1 spiro atoms. The predicted octanol–water partition coefficient (Wildman–Crippen LogP) is 20.1. The van der Waals surface area contributed by atoms with Gasteiger partial charge in [0.1, 0.15) is 0 Å². The third kappa shape index (κ3) is 8.66. The van der Waals surface area contributed by atoms with Gasteiger partial charge < -0.3 is 4.57 Å².